The first-order valence-corrected chi connectivity index (χ1v) is 6.51. The van der Waals surface area contributed by atoms with Crippen molar-refractivity contribution in [2.75, 3.05) is 25.6 Å². The Balaban J connectivity index is 2.63. The Morgan fingerprint density at radius 1 is 1.41 bits per heavy atom. The quantitative estimate of drug-likeness (QED) is 0.709. The monoisotopic (exact) mass is 239 g/mol. The van der Waals surface area contributed by atoms with Crippen molar-refractivity contribution in [3.8, 4) is 0 Å². The molecule has 4 heteroatoms. The standard InChI is InChI=1S/C13H25N3O/c1-5-12(6-2)16-10-11(3)15-13(16)14-8-7-9-17-4/h10,12H,5-9H2,1-4H3,(H,14,15). The van der Waals surface area contributed by atoms with Gasteiger partial charge >= 0.3 is 0 Å². The first kappa shape index (κ1) is 14.0. The van der Waals surface area contributed by atoms with Gasteiger partial charge < -0.3 is 14.6 Å². The largest absolute Gasteiger partial charge is 0.385 e. The summed E-state index contributed by atoms with van der Waals surface area (Å²) in [5, 5.41) is 3.39. The second-order valence-electron chi connectivity index (χ2n) is 4.36. The lowest BCUT2D eigenvalue weighted by atomic mass is 10.2. The van der Waals surface area contributed by atoms with Crippen LogP contribution in [-0.2, 0) is 4.74 Å². The highest BCUT2D eigenvalue weighted by molar-refractivity contribution is 5.29. The molecule has 1 aromatic heterocycles. The van der Waals surface area contributed by atoms with E-state index in [2.05, 4.69) is 34.9 Å². The molecule has 0 aliphatic heterocycles. The lowest BCUT2D eigenvalue weighted by Gasteiger charge is -2.17. The van der Waals surface area contributed by atoms with Crippen LogP contribution >= 0.6 is 0 Å². The molecule has 1 aromatic rings. The highest BCUT2D eigenvalue weighted by atomic mass is 16.5. The van der Waals surface area contributed by atoms with E-state index in [9.17, 15) is 0 Å². The molecule has 0 radical (unpaired) electrons. The Labute approximate surface area is 104 Å². The van der Waals surface area contributed by atoms with Gasteiger partial charge in [-0.1, -0.05) is 13.8 Å². The molecule has 0 aromatic carbocycles. The summed E-state index contributed by atoms with van der Waals surface area (Å²) in [4.78, 5) is 4.54. The molecular weight excluding hydrogens is 214 g/mol. The third-order valence-corrected chi connectivity index (χ3v) is 3.00. The fourth-order valence-corrected chi connectivity index (χ4v) is 2.02. The molecule has 0 fully saturated rings. The van der Waals surface area contributed by atoms with E-state index in [1.807, 2.05) is 6.92 Å². The van der Waals surface area contributed by atoms with Gasteiger partial charge in [0.2, 0.25) is 5.95 Å². The van der Waals surface area contributed by atoms with Crippen LogP contribution in [0.1, 0.15) is 44.8 Å². The van der Waals surface area contributed by atoms with Crippen LogP contribution in [0, 0.1) is 6.92 Å². The summed E-state index contributed by atoms with van der Waals surface area (Å²) in [6.45, 7) is 8.18. The fraction of sp³-hybridized carbons (Fsp3) is 0.769. The first-order chi connectivity index (χ1) is 8.22. The van der Waals surface area contributed by atoms with Crippen LogP contribution in [-0.4, -0.2) is 29.8 Å². The average molecular weight is 239 g/mol. The molecule has 17 heavy (non-hydrogen) atoms. The van der Waals surface area contributed by atoms with E-state index in [0.29, 0.717) is 6.04 Å². The molecule has 1 N–H and O–H groups in total. The molecule has 0 amide bonds. The van der Waals surface area contributed by atoms with Crippen molar-refractivity contribution >= 4 is 5.95 Å². The summed E-state index contributed by atoms with van der Waals surface area (Å²) in [7, 11) is 1.73. The van der Waals surface area contributed by atoms with Gasteiger partial charge in [-0.2, -0.15) is 0 Å². The number of hydrogen-bond acceptors (Lipinski definition) is 3. The summed E-state index contributed by atoms with van der Waals surface area (Å²) in [6, 6.07) is 0.543. The zero-order chi connectivity index (χ0) is 12.7. The lowest BCUT2D eigenvalue weighted by molar-refractivity contribution is 0.197. The number of aryl methyl sites for hydroxylation is 1. The number of rotatable bonds is 8. The fourth-order valence-electron chi connectivity index (χ4n) is 2.02. The van der Waals surface area contributed by atoms with E-state index in [4.69, 9.17) is 4.74 Å². The number of methoxy groups -OCH3 is 1. The van der Waals surface area contributed by atoms with Crippen molar-refractivity contribution in [1.29, 1.82) is 0 Å². The number of ether oxygens (including phenoxy) is 1. The molecular formula is C13H25N3O. The van der Waals surface area contributed by atoms with Crippen molar-refractivity contribution in [2.24, 2.45) is 0 Å². The van der Waals surface area contributed by atoms with E-state index in [1.54, 1.807) is 7.11 Å². The second kappa shape index (κ2) is 7.33. The topological polar surface area (TPSA) is 39.1 Å². The first-order valence-electron chi connectivity index (χ1n) is 6.51. The summed E-state index contributed by atoms with van der Waals surface area (Å²) >= 11 is 0. The normalized spacial score (nSPS) is 11.1. The van der Waals surface area contributed by atoms with E-state index in [-0.39, 0.29) is 0 Å². The number of hydrogen-bond donors (Lipinski definition) is 1. The van der Waals surface area contributed by atoms with Crippen molar-refractivity contribution in [2.45, 2.75) is 46.1 Å². The number of nitrogens with one attached hydrogen (secondary N) is 1. The Morgan fingerprint density at radius 3 is 2.71 bits per heavy atom. The van der Waals surface area contributed by atoms with Crippen LogP contribution in [0.25, 0.3) is 0 Å². The average Bonchev–Trinajstić information content (AvgIpc) is 2.68. The van der Waals surface area contributed by atoms with Gasteiger partial charge in [-0.15, -0.1) is 0 Å². The van der Waals surface area contributed by atoms with Crippen LogP contribution in [0.4, 0.5) is 5.95 Å². The second-order valence-corrected chi connectivity index (χ2v) is 4.36. The van der Waals surface area contributed by atoms with Gasteiger partial charge in [-0.05, 0) is 26.2 Å². The van der Waals surface area contributed by atoms with E-state index in [1.165, 1.54) is 0 Å². The molecule has 0 spiro atoms. The van der Waals surface area contributed by atoms with Crippen LogP contribution in [0.15, 0.2) is 6.20 Å². The predicted octanol–water partition coefficient (Wildman–Crippen LogP) is 3.00. The lowest BCUT2D eigenvalue weighted by Crippen LogP contribution is -2.13. The zero-order valence-electron chi connectivity index (χ0n) is 11.5. The van der Waals surface area contributed by atoms with Gasteiger partial charge in [0, 0.05) is 32.5 Å². The van der Waals surface area contributed by atoms with Crippen molar-refractivity contribution in [3.63, 3.8) is 0 Å². The van der Waals surface area contributed by atoms with Crippen LogP contribution in [0.2, 0.25) is 0 Å². The minimum absolute atomic E-state index is 0.543. The molecule has 0 atom stereocenters. The van der Waals surface area contributed by atoms with Gasteiger partial charge in [-0.25, -0.2) is 4.98 Å². The Morgan fingerprint density at radius 2 is 2.12 bits per heavy atom. The summed E-state index contributed by atoms with van der Waals surface area (Å²) in [5.41, 5.74) is 1.08. The van der Waals surface area contributed by atoms with Gasteiger partial charge in [0.25, 0.3) is 0 Å². The maximum absolute atomic E-state index is 5.04. The maximum Gasteiger partial charge on any atom is 0.203 e. The summed E-state index contributed by atoms with van der Waals surface area (Å²) in [6.07, 6.45) is 5.42. The highest BCUT2D eigenvalue weighted by Gasteiger charge is 2.12. The van der Waals surface area contributed by atoms with Crippen LogP contribution < -0.4 is 5.32 Å². The molecule has 0 saturated carbocycles. The highest BCUT2D eigenvalue weighted by Crippen LogP contribution is 2.21. The third-order valence-electron chi connectivity index (χ3n) is 3.00. The van der Waals surface area contributed by atoms with Crippen molar-refractivity contribution in [1.82, 2.24) is 9.55 Å². The molecule has 4 nitrogen and oxygen atoms in total. The maximum atomic E-state index is 5.04. The predicted molar refractivity (Wildman–Crippen MR) is 71.6 cm³/mol. The minimum atomic E-state index is 0.543. The van der Waals surface area contributed by atoms with Gasteiger partial charge in [0.1, 0.15) is 0 Å². The Kier molecular flexibility index (Phi) is 6.05. The van der Waals surface area contributed by atoms with E-state index >= 15 is 0 Å². The SMILES string of the molecule is CCC(CC)n1cc(C)nc1NCCCOC. The number of anilines is 1. The third kappa shape index (κ3) is 4.04. The number of nitrogens with zero attached hydrogens (tertiary/aromatic N) is 2. The van der Waals surface area contributed by atoms with E-state index in [0.717, 1.165) is 44.1 Å². The molecule has 1 heterocycles. The Bertz CT molecular complexity index is 318. The summed E-state index contributed by atoms with van der Waals surface area (Å²) < 4.78 is 7.30. The van der Waals surface area contributed by atoms with Crippen molar-refractivity contribution in [3.05, 3.63) is 11.9 Å². The van der Waals surface area contributed by atoms with Gasteiger partial charge in [0.15, 0.2) is 0 Å². The molecule has 1 rings (SSSR count). The number of imidazole rings is 1. The molecule has 0 aliphatic rings. The molecule has 0 saturated heterocycles. The van der Waals surface area contributed by atoms with Gasteiger partial charge in [0.05, 0.1) is 5.69 Å². The molecule has 98 valence electrons. The van der Waals surface area contributed by atoms with Crippen LogP contribution in [0.3, 0.4) is 0 Å². The Hall–Kier alpha value is -1.03. The molecule has 0 aliphatic carbocycles. The van der Waals surface area contributed by atoms with Crippen LogP contribution in [0.5, 0.6) is 0 Å². The van der Waals surface area contributed by atoms with E-state index < -0.39 is 0 Å². The number of aromatic nitrogens is 2. The zero-order valence-corrected chi connectivity index (χ0v) is 11.5. The smallest absolute Gasteiger partial charge is 0.203 e. The van der Waals surface area contributed by atoms with Gasteiger partial charge in [-0.3, -0.25) is 0 Å². The minimum Gasteiger partial charge on any atom is -0.385 e. The van der Waals surface area contributed by atoms with Crippen molar-refractivity contribution < 1.29 is 4.74 Å². The summed E-state index contributed by atoms with van der Waals surface area (Å²) in [5.74, 6) is 0.993. The molecule has 0 unspecified atom stereocenters. The molecule has 0 bridgehead atoms.